The van der Waals surface area contributed by atoms with E-state index in [9.17, 15) is 0 Å². The van der Waals surface area contributed by atoms with Crippen LogP contribution in [0.5, 0.6) is 17.2 Å². The molecule has 2 rings (SSSR count). The first-order valence-electron chi connectivity index (χ1n) is 6.00. The lowest BCUT2D eigenvalue weighted by Crippen LogP contribution is -1.97. The van der Waals surface area contributed by atoms with Gasteiger partial charge >= 0.3 is 0 Å². The Hall–Kier alpha value is -1.19. The van der Waals surface area contributed by atoms with Crippen molar-refractivity contribution in [1.82, 2.24) is 0 Å². The maximum absolute atomic E-state index is 5.90. The predicted molar refractivity (Wildman–Crippen MR) is 81.9 cm³/mol. The van der Waals surface area contributed by atoms with Crippen LogP contribution in [-0.4, -0.2) is 11.9 Å². The lowest BCUT2D eigenvalue weighted by molar-refractivity contribution is 0.318. The molecule has 0 spiro atoms. The zero-order valence-electron chi connectivity index (χ0n) is 10.3. The van der Waals surface area contributed by atoms with Crippen LogP contribution >= 0.6 is 27.5 Å². The second kappa shape index (κ2) is 7.41. The molecule has 0 fully saturated rings. The Kier molecular flexibility index (Phi) is 5.55. The molecule has 2 nitrogen and oxygen atoms in total. The third kappa shape index (κ3) is 4.77. The average Bonchev–Trinajstić information content (AvgIpc) is 2.41. The first-order valence-corrected chi connectivity index (χ1v) is 7.50. The van der Waals surface area contributed by atoms with Crippen molar-refractivity contribution in [3.63, 3.8) is 0 Å². The molecule has 0 N–H and O–H groups in total. The summed E-state index contributed by atoms with van der Waals surface area (Å²) in [5.74, 6) is 2.33. The maximum atomic E-state index is 5.90. The van der Waals surface area contributed by atoms with Crippen LogP contribution in [0.25, 0.3) is 0 Å². The second-order valence-corrected chi connectivity index (χ2v) is 5.15. The summed E-state index contributed by atoms with van der Waals surface area (Å²) in [5.41, 5.74) is 0. The summed E-state index contributed by atoms with van der Waals surface area (Å²) in [5, 5.41) is 1.61. The molecule has 0 atom stereocenters. The molecule has 0 heterocycles. The van der Waals surface area contributed by atoms with Gasteiger partial charge < -0.3 is 9.47 Å². The topological polar surface area (TPSA) is 18.5 Å². The van der Waals surface area contributed by atoms with Gasteiger partial charge in [0.1, 0.15) is 17.2 Å². The minimum Gasteiger partial charge on any atom is -0.494 e. The van der Waals surface area contributed by atoms with Gasteiger partial charge in [-0.25, -0.2) is 0 Å². The van der Waals surface area contributed by atoms with E-state index in [1.807, 2.05) is 42.5 Å². The summed E-state index contributed by atoms with van der Waals surface area (Å²) < 4.78 is 11.3. The Balaban J connectivity index is 1.95. The number of hydrogen-bond donors (Lipinski definition) is 0. The molecule has 0 aliphatic heterocycles. The molecule has 0 radical (unpaired) electrons. The molecular weight excluding hydrogens is 328 g/mol. The molecule has 0 saturated heterocycles. The van der Waals surface area contributed by atoms with Gasteiger partial charge in [-0.05, 0) is 48.9 Å². The Labute approximate surface area is 126 Å². The van der Waals surface area contributed by atoms with Gasteiger partial charge in [0, 0.05) is 10.4 Å². The Morgan fingerprint density at radius 2 is 1.68 bits per heavy atom. The largest absolute Gasteiger partial charge is 0.494 e. The van der Waals surface area contributed by atoms with Crippen molar-refractivity contribution in [2.75, 3.05) is 11.9 Å². The lowest BCUT2D eigenvalue weighted by atomic mass is 10.3. The van der Waals surface area contributed by atoms with Crippen molar-refractivity contribution < 1.29 is 9.47 Å². The summed E-state index contributed by atoms with van der Waals surface area (Å²) in [4.78, 5) is 0. The van der Waals surface area contributed by atoms with Crippen molar-refractivity contribution in [2.45, 2.75) is 6.42 Å². The molecular formula is C15H14BrClO2. The van der Waals surface area contributed by atoms with Gasteiger partial charge in [0.2, 0.25) is 0 Å². The minimum absolute atomic E-state index is 0.659. The average molecular weight is 342 g/mol. The molecule has 2 aromatic rings. The molecule has 4 heteroatoms. The molecule has 0 bridgehead atoms. The maximum Gasteiger partial charge on any atom is 0.128 e. The molecule has 2 aromatic carbocycles. The van der Waals surface area contributed by atoms with Crippen LogP contribution in [0.3, 0.4) is 0 Å². The molecule has 0 amide bonds. The minimum atomic E-state index is 0.659. The first-order chi connectivity index (χ1) is 9.28. The molecule has 19 heavy (non-hydrogen) atoms. The molecule has 100 valence electrons. The molecule has 0 aromatic heterocycles. The van der Waals surface area contributed by atoms with Crippen molar-refractivity contribution in [3.8, 4) is 17.2 Å². The molecule has 0 aliphatic carbocycles. The second-order valence-electron chi connectivity index (χ2n) is 3.92. The number of benzene rings is 2. The molecule has 0 unspecified atom stereocenters. The SMILES string of the molecule is Clc1cccc(Oc2ccc(OCCCBr)cc2)c1. The van der Waals surface area contributed by atoms with Gasteiger partial charge in [-0.15, -0.1) is 0 Å². The Morgan fingerprint density at radius 3 is 2.37 bits per heavy atom. The van der Waals surface area contributed by atoms with Gasteiger partial charge in [0.25, 0.3) is 0 Å². The van der Waals surface area contributed by atoms with E-state index in [1.165, 1.54) is 0 Å². The summed E-state index contributed by atoms with van der Waals surface area (Å²) in [7, 11) is 0. The van der Waals surface area contributed by atoms with Crippen LogP contribution in [0, 0.1) is 0 Å². The van der Waals surface area contributed by atoms with E-state index in [0.717, 1.165) is 29.0 Å². The Morgan fingerprint density at radius 1 is 0.947 bits per heavy atom. The normalized spacial score (nSPS) is 10.2. The number of alkyl halides is 1. The highest BCUT2D eigenvalue weighted by Crippen LogP contribution is 2.25. The van der Waals surface area contributed by atoms with Gasteiger partial charge in [-0.2, -0.15) is 0 Å². The monoisotopic (exact) mass is 340 g/mol. The fourth-order valence-electron chi connectivity index (χ4n) is 1.52. The van der Waals surface area contributed by atoms with E-state index in [-0.39, 0.29) is 0 Å². The van der Waals surface area contributed by atoms with Crippen molar-refractivity contribution in [3.05, 3.63) is 53.6 Å². The van der Waals surface area contributed by atoms with Crippen LogP contribution in [0.15, 0.2) is 48.5 Å². The number of halogens is 2. The fraction of sp³-hybridized carbons (Fsp3) is 0.200. The van der Waals surface area contributed by atoms with Crippen molar-refractivity contribution >= 4 is 27.5 Å². The smallest absolute Gasteiger partial charge is 0.128 e. The van der Waals surface area contributed by atoms with Gasteiger partial charge in [-0.3, -0.25) is 0 Å². The van der Waals surface area contributed by atoms with Gasteiger partial charge in [0.05, 0.1) is 6.61 Å². The van der Waals surface area contributed by atoms with E-state index in [1.54, 1.807) is 6.07 Å². The third-order valence-electron chi connectivity index (χ3n) is 2.40. The van der Waals surface area contributed by atoms with Crippen LogP contribution in [0.2, 0.25) is 5.02 Å². The highest BCUT2D eigenvalue weighted by molar-refractivity contribution is 9.09. The van der Waals surface area contributed by atoms with Crippen molar-refractivity contribution in [1.29, 1.82) is 0 Å². The van der Waals surface area contributed by atoms with Crippen molar-refractivity contribution in [2.24, 2.45) is 0 Å². The van der Waals surface area contributed by atoms with E-state index < -0.39 is 0 Å². The first kappa shape index (κ1) is 14.2. The number of hydrogen-bond acceptors (Lipinski definition) is 2. The Bertz CT molecular complexity index is 514. The van der Waals surface area contributed by atoms with Crippen LogP contribution in [0.1, 0.15) is 6.42 Å². The quantitative estimate of drug-likeness (QED) is 0.524. The van der Waals surface area contributed by atoms with E-state index in [0.29, 0.717) is 11.6 Å². The summed E-state index contributed by atoms with van der Waals surface area (Å²) in [6.45, 7) is 0.708. The van der Waals surface area contributed by atoms with E-state index >= 15 is 0 Å². The lowest BCUT2D eigenvalue weighted by Gasteiger charge is -2.08. The summed E-state index contributed by atoms with van der Waals surface area (Å²) in [6.07, 6.45) is 0.987. The van der Waals surface area contributed by atoms with Crippen LogP contribution in [-0.2, 0) is 0 Å². The highest BCUT2D eigenvalue weighted by atomic mass is 79.9. The van der Waals surface area contributed by atoms with Gasteiger partial charge in [0.15, 0.2) is 0 Å². The predicted octanol–water partition coefficient (Wildman–Crippen LogP) is 5.30. The molecule has 0 saturated carbocycles. The summed E-state index contributed by atoms with van der Waals surface area (Å²) >= 11 is 9.27. The number of rotatable bonds is 6. The summed E-state index contributed by atoms with van der Waals surface area (Å²) in [6, 6.07) is 14.9. The van der Waals surface area contributed by atoms with Crippen LogP contribution in [0.4, 0.5) is 0 Å². The van der Waals surface area contributed by atoms with Crippen LogP contribution < -0.4 is 9.47 Å². The zero-order valence-corrected chi connectivity index (χ0v) is 12.7. The highest BCUT2D eigenvalue weighted by Gasteiger charge is 1.99. The number of ether oxygens (including phenoxy) is 2. The van der Waals surface area contributed by atoms with Gasteiger partial charge in [-0.1, -0.05) is 33.6 Å². The van der Waals surface area contributed by atoms with E-state index in [4.69, 9.17) is 21.1 Å². The molecule has 0 aliphatic rings. The zero-order chi connectivity index (χ0) is 13.5. The third-order valence-corrected chi connectivity index (χ3v) is 3.20. The van der Waals surface area contributed by atoms with E-state index in [2.05, 4.69) is 15.9 Å². The standard InChI is InChI=1S/C15H14BrClO2/c16-9-2-10-18-13-5-7-14(8-6-13)19-15-4-1-3-12(17)11-15/h1,3-8,11H,2,9-10H2. The fourth-order valence-corrected chi connectivity index (χ4v) is 1.92.